The number of hydrogen-bond donors (Lipinski definition) is 1. The van der Waals surface area contributed by atoms with Gasteiger partial charge in [0.25, 0.3) is 0 Å². The van der Waals surface area contributed by atoms with Crippen LogP contribution in [0.25, 0.3) is 22.5 Å². The van der Waals surface area contributed by atoms with E-state index in [1.165, 1.54) is 0 Å². The number of tetrazole rings is 1. The van der Waals surface area contributed by atoms with E-state index in [0.717, 1.165) is 59.3 Å². The highest BCUT2D eigenvalue weighted by Gasteiger charge is 2.15. The first-order valence-corrected chi connectivity index (χ1v) is 10.1. The zero-order chi connectivity index (χ0) is 20.9. The Labute approximate surface area is 175 Å². The van der Waals surface area contributed by atoms with Crippen LogP contribution in [0.3, 0.4) is 0 Å². The predicted molar refractivity (Wildman–Crippen MR) is 115 cm³/mol. The van der Waals surface area contributed by atoms with Gasteiger partial charge in [0, 0.05) is 24.2 Å². The van der Waals surface area contributed by atoms with E-state index in [1.807, 2.05) is 35.9 Å². The zero-order valence-electron chi connectivity index (χ0n) is 17.2. The van der Waals surface area contributed by atoms with E-state index < -0.39 is 0 Å². The fourth-order valence-electron chi connectivity index (χ4n) is 3.63. The van der Waals surface area contributed by atoms with E-state index in [9.17, 15) is 4.79 Å². The Bertz CT molecular complexity index is 1130. The summed E-state index contributed by atoms with van der Waals surface area (Å²) in [6, 6.07) is 16.3. The number of aromatic amines is 1. The topological polar surface area (TPSA) is 89.3 Å². The molecule has 0 amide bonds. The lowest BCUT2D eigenvalue weighted by atomic mass is 9.97. The minimum Gasteiger partial charge on any atom is -0.298 e. The maximum Gasteiger partial charge on any atom is 0.205 e. The molecule has 2 aromatic heterocycles. The van der Waals surface area contributed by atoms with Gasteiger partial charge >= 0.3 is 0 Å². The Morgan fingerprint density at radius 1 is 1.07 bits per heavy atom. The third kappa shape index (κ3) is 3.91. The van der Waals surface area contributed by atoms with Crippen LogP contribution >= 0.6 is 0 Å². The molecule has 7 heteroatoms. The SMILES string of the molecule is CCCCn1nc(Cc2ccc(-c3ccccc3-c3nn[nH]n3)cc2)c(C=O)c1C. The number of aryl methyl sites for hydroxylation is 1. The second-order valence-corrected chi connectivity index (χ2v) is 7.30. The van der Waals surface area contributed by atoms with Gasteiger partial charge in [-0.2, -0.15) is 10.3 Å². The van der Waals surface area contributed by atoms with Crippen molar-refractivity contribution in [3.8, 4) is 22.5 Å². The van der Waals surface area contributed by atoms with Crippen molar-refractivity contribution in [2.75, 3.05) is 0 Å². The van der Waals surface area contributed by atoms with Gasteiger partial charge in [0.1, 0.15) is 0 Å². The Balaban J connectivity index is 1.60. The average molecular weight is 400 g/mol. The van der Waals surface area contributed by atoms with Gasteiger partial charge < -0.3 is 0 Å². The van der Waals surface area contributed by atoms with E-state index in [4.69, 9.17) is 5.10 Å². The van der Waals surface area contributed by atoms with Crippen molar-refractivity contribution in [2.24, 2.45) is 0 Å². The summed E-state index contributed by atoms with van der Waals surface area (Å²) in [6.45, 7) is 4.96. The summed E-state index contributed by atoms with van der Waals surface area (Å²) in [4.78, 5) is 11.6. The number of aldehydes is 1. The molecule has 0 aliphatic heterocycles. The third-order valence-electron chi connectivity index (χ3n) is 5.32. The second-order valence-electron chi connectivity index (χ2n) is 7.30. The highest BCUT2D eigenvalue weighted by molar-refractivity contribution is 5.80. The van der Waals surface area contributed by atoms with Gasteiger partial charge in [0.2, 0.25) is 5.82 Å². The number of H-pyrrole nitrogens is 1. The van der Waals surface area contributed by atoms with Crippen LogP contribution in [-0.4, -0.2) is 36.7 Å². The molecule has 30 heavy (non-hydrogen) atoms. The maximum atomic E-state index is 11.6. The molecule has 0 atom stereocenters. The number of nitrogens with zero attached hydrogens (tertiary/aromatic N) is 5. The molecule has 4 rings (SSSR count). The quantitative estimate of drug-likeness (QED) is 0.447. The lowest BCUT2D eigenvalue weighted by Crippen LogP contribution is -2.02. The molecule has 0 aliphatic rings. The molecular weight excluding hydrogens is 376 g/mol. The highest BCUT2D eigenvalue weighted by atomic mass is 16.1. The van der Waals surface area contributed by atoms with E-state index >= 15 is 0 Å². The van der Waals surface area contributed by atoms with Crippen molar-refractivity contribution in [3.05, 3.63) is 71.0 Å². The van der Waals surface area contributed by atoms with Crippen LogP contribution in [0.4, 0.5) is 0 Å². The Hall–Kier alpha value is -3.61. The molecule has 0 saturated carbocycles. The molecule has 0 unspecified atom stereocenters. The highest BCUT2D eigenvalue weighted by Crippen LogP contribution is 2.30. The Morgan fingerprint density at radius 3 is 2.50 bits per heavy atom. The smallest absolute Gasteiger partial charge is 0.205 e. The normalized spacial score (nSPS) is 11.0. The molecule has 0 spiro atoms. The first-order chi connectivity index (χ1) is 14.7. The number of unbranched alkanes of at least 4 members (excludes halogenated alkanes) is 1. The fourth-order valence-corrected chi connectivity index (χ4v) is 3.63. The predicted octanol–water partition coefficient (Wildman–Crippen LogP) is 4.24. The molecule has 0 saturated heterocycles. The van der Waals surface area contributed by atoms with Gasteiger partial charge in [-0.25, -0.2) is 0 Å². The molecule has 4 aromatic rings. The summed E-state index contributed by atoms with van der Waals surface area (Å²) in [6.07, 6.45) is 3.70. The van der Waals surface area contributed by atoms with Gasteiger partial charge in [-0.15, -0.1) is 10.2 Å². The van der Waals surface area contributed by atoms with Gasteiger partial charge in [0.15, 0.2) is 6.29 Å². The van der Waals surface area contributed by atoms with Crippen LogP contribution in [0.2, 0.25) is 0 Å². The van der Waals surface area contributed by atoms with Gasteiger partial charge in [-0.05, 0) is 35.2 Å². The molecule has 0 bridgehead atoms. The van der Waals surface area contributed by atoms with Crippen molar-refractivity contribution in [2.45, 2.75) is 39.7 Å². The summed E-state index contributed by atoms with van der Waals surface area (Å²) in [5.41, 5.74) is 6.62. The van der Waals surface area contributed by atoms with Crippen molar-refractivity contribution in [3.63, 3.8) is 0 Å². The van der Waals surface area contributed by atoms with Crippen LogP contribution < -0.4 is 0 Å². The number of aromatic nitrogens is 6. The number of nitrogens with one attached hydrogen (secondary N) is 1. The van der Waals surface area contributed by atoms with E-state index in [1.54, 1.807) is 0 Å². The number of carbonyl (C=O) groups is 1. The third-order valence-corrected chi connectivity index (χ3v) is 5.32. The minimum absolute atomic E-state index is 0.568. The number of rotatable bonds is 8. The fraction of sp³-hybridized carbons (Fsp3) is 0.261. The number of benzene rings is 2. The van der Waals surface area contributed by atoms with Crippen LogP contribution in [0.5, 0.6) is 0 Å². The molecule has 0 aliphatic carbocycles. The summed E-state index contributed by atoms with van der Waals surface area (Å²) in [5.74, 6) is 0.568. The second kappa shape index (κ2) is 8.82. The van der Waals surface area contributed by atoms with E-state index in [2.05, 4.69) is 51.8 Å². The van der Waals surface area contributed by atoms with Gasteiger partial charge in [-0.3, -0.25) is 9.48 Å². The molecule has 1 N–H and O–H groups in total. The van der Waals surface area contributed by atoms with Gasteiger partial charge in [-0.1, -0.05) is 61.9 Å². The lowest BCUT2D eigenvalue weighted by Gasteiger charge is -2.08. The zero-order valence-corrected chi connectivity index (χ0v) is 17.2. The Morgan fingerprint density at radius 2 is 1.83 bits per heavy atom. The number of carbonyl (C=O) groups excluding carboxylic acids is 1. The van der Waals surface area contributed by atoms with Crippen LogP contribution in [0, 0.1) is 6.92 Å². The Kier molecular flexibility index (Phi) is 5.79. The van der Waals surface area contributed by atoms with E-state index in [-0.39, 0.29) is 0 Å². The molecular formula is C23H24N6O. The summed E-state index contributed by atoms with van der Waals surface area (Å²) in [5, 5.41) is 19.1. The van der Waals surface area contributed by atoms with Crippen LogP contribution in [0.15, 0.2) is 48.5 Å². The largest absolute Gasteiger partial charge is 0.298 e. The molecule has 2 heterocycles. The van der Waals surface area contributed by atoms with Crippen molar-refractivity contribution >= 4 is 6.29 Å². The first-order valence-electron chi connectivity index (χ1n) is 10.1. The summed E-state index contributed by atoms with van der Waals surface area (Å²) >= 11 is 0. The molecule has 0 fully saturated rings. The van der Waals surface area contributed by atoms with E-state index in [0.29, 0.717) is 17.8 Å². The van der Waals surface area contributed by atoms with Crippen LogP contribution in [-0.2, 0) is 13.0 Å². The minimum atomic E-state index is 0.568. The van der Waals surface area contributed by atoms with Crippen molar-refractivity contribution < 1.29 is 4.79 Å². The molecule has 0 radical (unpaired) electrons. The standard InChI is InChI=1S/C23H24N6O/c1-3-4-13-29-16(2)21(15-30)22(26-29)14-17-9-11-18(12-10-17)19-7-5-6-8-20(19)23-24-27-28-25-23/h5-12,15H,3-4,13-14H2,1-2H3,(H,24,25,27,28). The average Bonchev–Trinajstić information content (AvgIpc) is 3.41. The summed E-state index contributed by atoms with van der Waals surface area (Å²) in [7, 11) is 0. The molecule has 2 aromatic carbocycles. The van der Waals surface area contributed by atoms with Crippen LogP contribution in [0.1, 0.15) is 47.1 Å². The van der Waals surface area contributed by atoms with Gasteiger partial charge in [0.05, 0.1) is 11.3 Å². The molecule has 152 valence electrons. The van der Waals surface area contributed by atoms with Crippen molar-refractivity contribution in [1.29, 1.82) is 0 Å². The maximum absolute atomic E-state index is 11.6. The first kappa shape index (κ1) is 19.7. The lowest BCUT2D eigenvalue weighted by molar-refractivity contribution is 0.112. The number of hydrogen-bond acceptors (Lipinski definition) is 5. The monoisotopic (exact) mass is 400 g/mol. The van der Waals surface area contributed by atoms with Crippen molar-refractivity contribution in [1.82, 2.24) is 30.4 Å². The molecule has 7 nitrogen and oxygen atoms in total. The summed E-state index contributed by atoms with van der Waals surface area (Å²) < 4.78 is 1.96.